The van der Waals surface area contributed by atoms with E-state index in [9.17, 15) is 0 Å². The summed E-state index contributed by atoms with van der Waals surface area (Å²) in [6.07, 6.45) is 3.74. The van der Waals surface area contributed by atoms with Crippen LogP contribution >= 0.6 is 28.3 Å². The number of hydrogen-bond acceptors (Lipinski definition) is 3. The van der Waals surface area contributed by atoms with Crippen molar-refractivity contribution in [3.63, 3.8) is 0 Å². The number of nitrogens with zero attached hydrogens (tertiary/aromatic N) is 3. The predicted octanol–water partition coefficient (Wildman–Crippen LogP) is 10.6. The van der Waals surface area contributed by atoms with Crippen molar-refractivity contribution in [2.75, 3.05) is 0 Å². The van der Waals surface area contributed by atoms with Crippen LogP contribution < -0.4 is 0 Å². The zero-order chi connectivity index (χ0) is 27.5. The van der Waals surface area contributed by atoms with Gasteiger partial charge in [0.25, 0.3) is 0 Å². The first-order valence-corrected chi connectivity index (χ1v) is 17.2. The molecule has 0 radical (unpaired) electrons. The van der Waals surface area contributed by atoms with Gasteiger partial charge in [-0.15, -0.1) is 0 Å². The number of aromatic nitrogens is 1. The van der Waals surface area contributed by atoms with Crippen molar-refractivity contribution in [1.82, 2.24) is 4.98 Å². The average Bonchev–Trinajstić information content (AvgIpc) is 2.89. The molecule has 197 valence electrons. The van der Waals surface area contributed by atoms with E-state index in [2.05, 4.69) is 81.3 Å². The third kappa shape index (κ3) is 8.99. The number of hydrogen-bond donors (Lipinski definition) is 0. The van der Waals surface area contributed by atoms with Crippen molar-refractivity contribution in [3.05, 3.63) is 101 Å². The third-order valence-electron chi connectivity index (χ3n) is 5.87. The van der Waals surface area contributed by atoms with Crippen molar-refractivity contribution < 1.29 is 11.1 Å². The van der Waals surface area contributed by atoms with Crippen LogP contribution in [-0.4, -0.2) is 16.4 Å². The molecule has 3 nitrogen and oxygen atoms in total. The SMILES string of the molecule is C=Cc1ccc(N=C(C)c2cccc(C(C)=Nc3c(C(C)C)cc(C=C)cc3C(C)C)n2)cc1.[Br][Co][Br]. The Morgan fingerprint density at radius 1 is 0.784 bits per heavy atom. The standard InChI is InChI=1S/C31H35N3.2BrH.Co/c1-9-24-14-16-26(17-15-24)32-22(7)29-12-11-13-30(34-29)23(8)33-31-27(20(3)4)18-25(10-2)19-28(31)21(5)6;;;/h9-21H,1-2H2,3-8H3;2*1H;/q;;;+2/p-2. The molecule has 6 heteroatoms. The molecule has 3 rings (SSSR count). The van der Waals surface area contributed by atoms with Crippen LogP contribution in [0.2, 0.25) is 0 Å². The number of aliphatic imine (C=N–C) groups is 2. The molecular weight excluding hydrogens is 633 g/mol. The summed E-state index contributed by atoms with van der Waals surface area (Å²) in [4.78, 5) is 14.8. The van der Waals surface area contributed by atoms with Gasteiger partial charge in [0.05, 0.1) is 34.2 Å². The summed E-state index contributed by atoms with van der Waals surface area (Å²) in [5.41, 5.74) is 10.1. The molecule has 0 bridgehead atoms. The number of halogens is 2. The molecule has 3 aromatic rings. The summed E-state index contributed by atoms with van der Waals surface area (Å²) in [5, 5.41) is 0. The molecule has 0 spiro atoms. The number of rotatable bonds is 8. The van der Waals surface area contributed by atoms with Crippen LogP contribution in [-0.2, 0) is 11.1 Å². The summed E-state index contributed by atoms with van der Waals surface area (Å²) in [5.74, 6) is 0.704. The Morgan fingerprint density at radius 2 is 1.24 bits per heavy atom. The van der Waals surface area contributed by atoms with E-state index in [0.29, 0.717) is 11.8 Å². The van der Waals surface area contributed by atoms with Crippen LogP contribution in [0.25, 0.3) is 12.2 Å². The molecule has 0 atom stereocenters. The van der Waals surface area contributed by atoms with E-state index in [4.69, 9.17) is 15.0 Å². The first kappa shape index (κ1) is 31.1. The summed E-state index contributed by atoms with van der Waals surface area (Å²) in [6, 6.07) is 18.4. The molecule has 1 aromatic heterocycles. The van der Waals surface area contributed by atoms with Crippen molar-refractivity contribution in [2.45, 2.75) is 53.4 Å². The van der Waals surface area contributed by atoms with Gasteiger partial charge in [-0.25, -0.2) is 4.98 Å². The average molecular weight is 668 g/mol. The molecule has 0 N–H and O–H groups in total. The summed E-state index contributed by atoms with van der Waals surface area (Å²) < 4.78 is 0. The van der Waals surface area contributed by atoms with Crippen LogP contribution in [0.15, 0.2) is 77.7 Å². The Hall–Kier alpha value is -2.12. The van der Waals surface area contributed by atoms with Crippen LogP contribution in [0.1, 0.15) is 87.0 Å². The molecule has 0 aliphatic rings. The van der Waals surface area contributed by atoms with Gasteiger partial charge < -0.3 is 0 Å². The fourth-order valence-electron chi connectivity index (χ4n) is 3.83. The molecule has 0 fully saturated rings. The zero-order valence-electron chi connectivity index (χ0n) is 22.4. The molecule has 0 saturated heterocycles. The van der Waals surface area contributed by atoms with Gasteiger partial charge in [0.15, 0.2) is 0 Å². The number of benzene rings is 2. The molecule has 0 unspecified atom stereocenters. The minimum atomic E-state index is 0.352. The van der Waals surface area contributed by atoms with E-state index in [0.717, 1.165) is 56.4 Å². The zero-order valence-corrected chi connectivity index (χ0v) is 26.6. The Labute approximate surface area is 242 Å². The first-order valence-electron chi connectivity index (χ1n) is 12.1. The Kier molecular flexibility index (Phi) is 12.9. The van der Waals surface area contributed by atoms with Crippen LogP contribution in [0.4, 0.5) is 11.4 Å². The van der Waals surface area contributed by atoms with E-state index in [1.807, 2.05) is 68.5 Å². The van der Waals surface area contributed by atoms with Crippen molar-refractivity contribution in [2.24, 2.45) is 9.98 Å². The van der Waals surface area contributed by atoms with E-state index in [1.165, 1.54) is 11.1 Å². The second-order valence-electron chi connectivity index (χ2n) is 9.21. The van der Waals surface area contributed by atoms with Gasteiger partial charge in [-0.1, -0.05) is 71.2 Å². The molecule has 1 heterocycles. The van der Waals surface area contributed by atoms with Crippen molar-refractivity contribution in [3.8, 4) is 0 Å². The van der Waals surface area contributed by atoms with E-state index in [-0.39, 0.29) is 0 Å². The van der Waals surface area contributed by atoms with Gasteiger partial charge >= 0.3 is 39.5 Å². The maximum absolute atomic E-state index is 5.12. The van der Waals surface area contributed by atoms with Gasteiger partial charge in [0.2, 0.25) is 0 Å². The van der Waals surface area contributed by atoms with Crippen molar-refractivity contribution >= 4 is 63.3 Å². The molecule has 37 heavy (non-hydrogen) atoms. The Bertz CT molecular complexity index is 1250. The fraction of sp³-hybridized carbons (Fsp3) is 0.258. The normalized spacial score (nSPS) is 11.9. The maximum atomic E-state index is 5.12. The Morgan fingerprint density at radius 3 is 1.68 bits per heavy atom. The van der Waals surface area contributed by atoms with Crippen LogP contribution in [0.5, 0.6) is 0 Å². The van der Waals surface area contributed by atoms with Crippen LogP contribution in [0.3, 0.4) is 0 Å². The van der Waals surface area contributed by atoms with E-state index >= 15 is 0 Å². The van der Waals surface area contributed by atoms with Gasteiger partial charge in [-0.3, -0.25) is 9.98 Å². The summed E-state index contributed by atoms with van der Waals surface area (Å²) in [6.45, 7) is 20.6. The minimum absolute atomic E-state index is 0.352. The van der Waals surface area contributed by atoms with Gasteiger partial charge in [0, 0.05) is 0 Å². The summed E-state index contributed by atoms with van der Waals surface area (Å²) in [7, 11) is 0. The predicted molar refractivity (Wildman–Crippen MR) is 167 cm³/mol. The van der Waals surface area contributed by atoms with Gasteiger partial charge in [-0.2, -0.15) is 0 Å². The monoisotopic (exact) mass is 666 g/mol. The molecular formula is C31H35Br2CoN3. The molecule has 0 saturated carbocycles. The molecule has 0 amide bonds. The van der Waals surface area contributed by atoms with Gasteiger partial charge in [0.1, 0.15) is 0 Å². The topological polar surface area (TPSA) is 37.6 Å². The van der Waals surface area contributed by atoms with E-state index in [1.54, 1.807) is 0 Å². The molecule has 0 aliphatic heterocycles. The van der Waals surface area contributed by atoms with Gasteiger partial charge in [-0.05, 0) is 84.3 Å². The van der Waals surface area contributed by atoms with Crippen LogP contribution in [0, 0.1) is 0 Å². The third-order valence-corrected chi connectivity index (χ3v) is 5.87. The van der Waals surface area contributed by atoms with E-state index < -0.39 is 0 Å². The summed E-state index contributed by atoms with van der Waals surface area (Å²) >= 11 is 7.12. The second kappa shape index (κ2) is 15.3. The Balaban J connectivity index is 0.00000153. The second-order valence-corrected chi connectivity index (χ2v) is 14.5. The quantitative estimate of drug-likeness (QED) is 0.220. The van der Waals surface area contributed by atoms with Crippen molar-refractivity contribution in [1.29, 1.82) is 0 Å². The number of pyridine rings is 1. The molecule has 0 aliphatic carbocycles. The fourth-order valence-corrected chi connectivity index (χ4v) is 3.83. The molecule has 2 aromatic carbocycles. The first-order chi connectivity index (χ1) is 17.6.